The molecule has 0 bridgehead atoms. The summed E-state index contributed by atoms with van der Waals surface area (Å²) in [4.78, 5) is 14.5. The fourth-order valence-corrected chi connectivity index (χ4v) is 3.23. The maximum Gasteiger partial charge on any atom is 0.227 e. The van der Waals surface area contributed by atoms with Crippen LogP contribution in [-0.4, -0.2) is 37.0 Å². The van der Waals surface area contributed by atoms with Crippen molar-refractivity contribution in [3.8, 4) is 0 Å². The lowest BCUT2D eigenvalue weighted by molar-refractivity contribution is -0.137. The summed E-state index contributed by atoms with van der Waals surface area (Å²) < 4.78 is 0. The number of amides is 1. The van der Waals surface area contributed by atoms with E-state index in [1.165, 1.54) is 25.7 Å². The molecule has 0 radical (unpaired) electrons. The topological polar surface area (TPSA) is 32.3 Å². The van der Waals surface area contributed by atoms with Crippen molar-refractivity contribution in [1.29, 1.82) is 0 Å². The van der Waals surface area contributed by atoms with Gasteiger partial charge >= 0.3 is 0 Å². The van der Waals surface area contributed by atoms with Gasteiger partial charge in [-0.25, -0.2) is 0 Å². The molecule has 2 aliphatic rings. The number of nitrogens with one attached hydrogen (secondary N) is 1. The van der Waals surface area contributed by atoms with Gasteiger partial charge < -0.3 is 10.2 Å². The predicted molar refractivity (Wildman–Crippen MR) is 69.7 cm³/mol. The Morgan fingerprint density at radius 3 is 2.53 bits per heavy atom. The van der Waals surface area contributed by atoms with Gasteiger partial charge in [-0.05, 0) is 31.2 Å². The molecule has 2 heterocycles. The van der Waals surface area contributed by atoms with E-state index in [9.17, 15) is 4.79 Å². The highest BCUT2D eigenvalue weighted by atomic mass is 16.2. The van der Waals surface area contributed by atoms with Crippen LogP contribution in [0.3, 0.4) is 0 Å². The van der Waals surface area contributed by atoms with Gasteiger partial charge in [0.25, 0.3) is 0 Å². The van der Waals surface area contributed by atoms with Gasteiger partial charge in [-0.15, -0.1) is 0 Å². The summed E-state index contributed by atoms with van der Waals surface area (Å²) in [6.07, 6.45) is 5.05. The van der Waals surface area contributed by atoms with E-state index in [0.717, 1.165) is 32.1 Å². The average molecular weight is 238 g/mol. The van der Waals surface area contributed by atoms with Gasteiger partial charge in [-0.2, -0.15) is 0 Å². The van der Waals surface area contributed by atoms with Crippen LogP contribution in [0.25, 0.3) is 0 Å². The lowest BCUT2D eigenvalue weighted by Gasteiger charge is -2.34. The van der Waals surface area contributed by atoms with Crippen LogP contribution in [-0.2, 0) is 4.79 Å². The summed E-state index contributed by atoms with van der Waals surface area (Å²) in [7, 11) is 0. The maximum absolute atomic E-state index is 12.4. The fourth-order valence-electron chi connectivity index (χ4n) is 3.23. The van der Waals surface area contributed by atoms with Gasteiger partial charge in [0.05, 0.1) is 5.92 Å². The number of carbonyl (C=O) groups excluding carboxylic acids is 1. The van der Waals surface area contributed by atoms with Crippen molar-refractivity contribution < 1.29 is 4.79 Å². The molecule has 0 spiro atoms. The van der Waals surface area contributed by atoms with Gasteiger partial charge in [-0.1, -0.05) is 26.7 Å². The Morgan fingerprint density at radius 1 is 1.29 bits per heavy atom. The molecule has 0 aromatic carbocycles. The average Bonchev–Trinajstić information content (AvgIpc) is 2.76. The Hall–Kier alpha value is -0.570. The molecule has 3 nitrogen and oxygen atoms in total. The van der Waals surface area contributed by atoms with Crippen molar-refractivity contribution in [3.05, 3.63) is 0 Å². The molecule has 2 rings (SSSR count). The van der Waals surface area contributed by atoms with E-state index < -0.39 is 0 Å². The molecular formula is C14H26N2O. The first-order valence-corrected chi connectivity index (χ1v) is 7.22. The lowest BCUT2D eigenvalue weighted by atomic mass is 9.90. The van der Waals surface area contributed by atoms with Crippen molar-refractivity contribution in [2.45, 2.75) is 39.5 Å². The second-order valence-electron chi connectivity index (χ2n) is 5.80. The van der Waals surface area contributed by atoms with Gasteiger partial charge in [0.15, 0.2) is 0 Å². The van der Waals surface area contributed by atoms with Crippen molar-refractivity contribution >= 4 is 5.91 Å². The molecule has 0 saturated carbocycles. The minimum atomic E-state index is 0.234. The molecule has 98 valence electrons. The van der Waals surface area contributed by atoms with Crippen LogP contribution in [0.4, 0.5) is 0 Å². The van der Waals surface area contributed by atoms with E-state index in [4.69, 9.17) is 0 Å². The summed E-state index contributed by atoms with van der Waals surface area (Å²) >= 11 is 0. The zero-order valence-electron chi connectivity index (χ0n) is 11.2. The molecule has 2 saturated heterocycles. The third-order valence-corrected chi connectivity index (χ3v) is 4.46. The number of rotatable bonds is 3. The predicted octanol–water partition coefficient (Wildman–Crippen LogP) is 1.88. The third kappa shape index (κ3) is 3.01. The van der Waals surface area contributed by atoms with Crippen molar-refractivity contribution in [3.63, 3.8) is 0 Å². The van der Waals surface area contributed by atoms with E-state index in [2.05, 4.69) is 24.1 Å². The van der Waals surface area contributed by atoms with E-state index in [0.29, 0.717) is 11.8 Å². The van der Waals surface area contributed by atoms with Gasteiger partial charge in [0.2, 0.25) is 5.91 Å². The minimum Gasteiger partial charge on any atom is -0.342 e. The number of carbonyl (C=O) groups is 1. The maximum atomic E-state index is 12.4. The highest BCUT2D eigenvalue weighted by molar-refractivity contribution is 5.79. The van der Waals surface area contributed by atoms with E-state index in [1.807, 2.05) is 0 Å². The van der Waals surface area contributed by atoms with Crippen LogP contribution in [0.2, 0.25) is 0 Å². The SMILES string of the molecule is CCCC1CCN(C(=O)C2CNCC2C)CC1. The third-order valence-electron chi connectivity index (χ3n) is 4.46. The second kappa shape index (κ2) is 5.85. The fraction of sp³-hybridized carbons (Fsp3) is 0.929. The van der Waals surface area contributed by atoms with Crippen LogP contribution in [0.5, 0.6) is 0 Å². The number of piperidine rings is 1. The first kappa shape index (κ1) is 12.9. The summed E-state index contributed by atoms with van der Waals surface area (Å²) in [5, 5.41) is 3.32. The highest BCUT2D eigenvalue weighted by Crippen LogP contribution is 2.25. The van der Waals surface area contributed by atoms with Crippen molar-refractivity contribution in [2.75, 3.05) is 26.2 Å². The molecule has 2 aliphatic heterocycles. The smallest absolute Gasteiger partial charge is 0.227 e. The van der Waals surface area contributed by atoms with Crippen LogP contribution in [0.1, 0.15) is 39.5 Å². The second-order valence-corrected chi connectivity index (χ2v) is 5.80. The van der Waals surface area contributed by atoms with Crippen LogP contribution >= 0.6 is 0 Å². The largest absolute Gasteiger partial charge is 0.342 e. The zero-order chi connectivity index (χ0) is 12.3. The Labute approximate surface area is 105 Å². The van der Waals surface area contributed by atoms with E-state index in [1.54, 1.807) is 0 Å². The molecule has 2 atom stereocenters. The molecule has 1 amide bonds. The minimum absolute atomic E-state index is 0.234. The first-order chi connectivity index (χ1) is 8.22. The van der Waals surface area contributed by atoms with Crippen LogP contribution < -0.4 is 5.32 Å². The molecule has 17 heavy (non-hydrogen) atoms. The van der Waals surface area contributed by atoms with E-state index in [-0.39, 0.29) is 5.92 Å². The van der Waals surface area contributed by atoms with Crippen molar-refractivity contribution in [2.24, 2.45) is 17.8 Å². The first-order valence-electron chi connectivity index (χ1n) is 7.22. The summed E-state index contributed by atoms with van der Waals surface area (Å²) in [6, 6.07) is 0. The number of nitrogens with zero attached hydrogens (tertiary/aromatic N) is 1. The molecule has 1 N–H and O–H groups in total. The van der Waals surface area contributed by atoms with Gasteiger partial charge in [0, 0.05) is 19.6 Å². The highest BCUT2D eigenvalue weighted by Gasteiger charge is 2.34. The Morgan fingerprint density at radius 2 is 2.00 bits per heavy atom. The molecule has 0 aromatic heterocycles. The lowest BCUT2D eigenvalue weighted by Crippen LogP contribution is -2.43. The zero-order valence-corrected chi connectivity index (χ0v) is 11.2. The normalized spacial score (nSPS) is 30.8. The molecule has 2 fully saturated rings. The summed E-state index contributed by atoms with van der Waals surface area (Å²) in [5.41, 5.74) is 0. The molecular weight excluding hydrogens is 212 g/mol. The summed E-state index contributed by atoms with van der Waals surface area (Å²) in [5.74, 6) is 2.01. The number of hydrogen-bond donors (Lipinski definition) is 1. The Balaban J connectivity index is 1.82. The number of likely N-dealkylation sites (tertiary alicyclic amines) is 1. The molecule has 3 heteroatoms. The molecule has 0 aromatic rings. The van der Waals surface area contributed by atoms with E-state index >= 15 is 0 Å². The van der Waals surface area contributed by atoms with Crippen LogP contribution in [0, 0.1) is 17.8 Å². The standard InChI is InChI=1S/C14H26N2O/c1-3-4-12-5-7-16(8-6-12)14(17)13-10-15-9-11(13)2/h11-13,15H,3-10H2,1-2H3. The van der Waals surface area contributed by atoms with Gasteiger partial charge in [-0.3, -0.25) is 4.79 Å². The number of hydrogen-bond acceptors (Lipinski definition) is 2. The van der Waals surface area contributed by atoms with Crippen molar-refractivity contribution in [1.82, 2.24) is 10.2 Å². The molecule has 2 unspecified atom stereocenters. The van der Waals surface area contributed by atoms with Gasteiger partial charge in [0.1, 0.15) is 0 Å². The quantitative estimate of drug-likeness (QED) is 0.814. The Bertz CT molecular complexity index is 259. The Kier molecular flexibility index (Phi) is 4.43. The summed E-state index contributed by atoms with van der Waals surface area (Å²) in [6.45, 7) is 8.31. The molecule has 0 aliphatic carbocycles. The van der Waals surface area contributed by atoms with Crippen LogP contribution in [0.15, 0.2) is 0 Å². The monoisotopic (exact) mass is 238 g/mol.